The highest BCUT2D eigenvalue weighted by atomic mass is 32.2. The lowest BCUT2D eigenvalue weighted by Gasteiger charge is -2.35. The molecule has 1 aromatic carbocycles. The number of amidine groups is 2. The average Bonchev–Trinajstić information content (AvgIpc) is 2.99. The number of fused-ring (bicyclic) bond motifs is 3. The summed E-state index contributed by atoms with van der Waals surface area (Å²) in [7, 11) is 0. The standard InChI is InChI=1S/C14H9N5O4S/c20-12-9-10(7-4-2-1-3-5-7)15-13(21)16-11(9)18-6-8(19(22)23)24-14(18)17-12/h1-6,9-10H,(H,15,21). The number of hydrogen-bond donors (Lipinski definition) is 1. The van der Waals surface area contributed by atoms with Gasteiger partial charge >= 0.3 is 11.1 Å². The van der Waals surface area contributed by atoms with Crippen molar-refractivity contribution in [2.24, 2.45) is 15.9 Å². The summed E-state index contributed by atoms with van der Waals surface area (Å²) in [5.41, 5.74) is 0.737. The SMILES string of the molecule is O=C1N=C2C(C(=O)N=C3SC([N+](=O)[O-])=CN32)C(c2ccccc2)N1. The van der Waals surface area contributed by atoms with E-state index in [2.05, 4.69) is 15.3 Å². The van der Waals surface area contributed by atoms with Gasteiger partial charge in [0.25, 0.3) is 5.91 Å². The van der Waals surface area contributed by atoms with Crippen LogP contribution in [0.4, 0.5) is 4.79 Å². The maximum atomic E-state index is 12.5. The second kappa shape index (κ2) is 5.27. The van der Waals surface area contributed by atoms with Gasteiger partial charge in [0.15, 0.2) is 5.17 Å². The number of nitrogens with one attached hydrogen (secondary N) is 1. The van der Waals surface area contributed by atoms with E-state index in [-0.39, 0.29) is 16.0 Å². The van der Waals surface area contributed by atoms with Crippen LogP contribution in [-0.2, 0) is 4.79 Å². The fraction of sp³-hybridized carbons (Fsp3) is 0.143. The Morgan fingerprint density at radius 2 is 1.96 bits per heavy atom. The zero-order valence-corrected chi connectivity index (χ0v) is 12.8. The number of amides is 3. The van der Waals surface area contributed by atoms with E-state index in [0.717, 1.165) is 17.3 Å². The molecule has 1 N–H and O–H groups in total. The molecule has 3 heterocycles. The quantitative estimate of drug-likeness (QED) is 0.642. The minimum Gasteiger partial charge on any atom is -0.328 e. The molecule has 2 atom stereocenters. The summed E-state index contributed by atoms with van der Waals surface area (Å²) >= 11 is 0.765. The van der Waals surface area contributed by atoms with Crippen molar-refractivity contribution in [1.82, 2.24) is 10.2 Å². The smallest absolute Gasteiger partial charge is 0.328 e. The molecule has 0 aliphatic carbocycles. The Kier molecular flexibility index (Phi) is 3.20. The van der Waals surface area contributed by atoms with Crippen LogP contribution in [0.5, 0.6) is 0 Å². The molecule has 4 rings (SSSR count). The summed E-state index contributed by atoms with van der Waals surface area (Å²) in [5.74, 6) is -1.15. The molecule has 0 saturated carbocycles. The van der Waals surface area contributed by atoms with Crippen LogP contribution >= 0.6 is 11.8 Å². The molecule has 120 valence electrons. The highest BCUT2D eigenvalue weighted by Gasteiger charge is 2.48. The van der Waals surface area contributed by atoms with Gasteiger partial charge in [-0.25, -0.2) is 4.79 Å². The van der Waals surface area contributed by atoms with Crippen LogP contribution in [-0.4, -0.2) is 32.8 Å². The molecule has 9 nitrogen and oxygen atoms in total. The van der Waals surface area contributed by atoms with Crippen molar-refractivity contribution in [2.75, 3.05) is 0 Å². The number of carbonyl (C=O) groups is 2. The summed E-state index contributed by atoms with van der Waals surface area (Å²) in [4.78, 5) is 44.0. The van der Waals surface area contributed by atoms with E-state index in [1.165, 1.54) is 11.1 Å². The van der Waals surface area contributed by atoms with Gasteiger partial charge < -0.3 is 5.32 Å². The van der Waals surface area contributed by atoms with E-state index in [4.69, 9.17) is 0 Å². The summed E-state index contributed by atoms with van der Waals surface area (Å²) in [5, 5.41) is 13.6. The maximum Gasteiger partial charge on any atom is 0.343 e. The van der Waals surface area contributed by atoms with Crippen molar-refractivity contribution < 1.29 is 14.5 Å². The third kappa shape index (κ3) is 2.19. The van der Waals surface area contributed by atoms with Crippen LogP contribution in [0.2, 0.25) is 0 Å². The normalized spacial score (nSPS) is 25.2. The van der Waals surface area contributed by atoms with Crippen LogP contribution in [0.1, 0.15) is 11.6 Å². The molecule has 0 spiro atoms. The predicted molar refractivity (Wildman–Crippen MR) is 85.6 cm³/mol. The first kappa shape index (κ1) is 14.6. The fourth-order valence-electron chi connectivity index (χ4n) is 2.79. The molecule has 3 amide bonds. The molecule has 0 saturated heterocycles. The zero-order valence-electron chi connectivity index (χ0n) is 11.9. The van der Waals surface area contributed by atoms with Gasteiger partial charge in [-0.3, -0.25) is 19.8 Å². The first-order chi connectivity index (χ1) is 11.5. The number of carbonyl (C=O) groups excluding carboxylic acids is 2. The number of benzene rings is 1. The molecule has 10 heteroatoms. The van der Waals surface area contributed by atoms with Crippen LogP contribution < -0.4 is 5.32 Å². The molecule has 0 aromatic heterocycles. The number of nitrogens with zero attached hydrogens (tertiary/aromatic N) is 4. The Bertz CT molecular complexity index is 863. The number of hydrogen-bond acceptors (Lipinski definition) is 6. The molecule has 2 unspecified atom stereocenters. The van der Waals surface area contributed by atoms with E-state index < -0.39 is 28.8 Å². The third-order valence-corrected chi connectivity index (χ3v) is 4.74. The summed E-state index contributed by atoms with van der Waals surface area (Å²) in [6.07, 6.45) is 1.24. The van der Waals surface area contributed by atoms with Crippen molar-refractivity contribution >= 4 is 34.7 Å². The number of thioether (sulfide) groups is 1. The molecular formula is C14H9N5O4S. The van der Waals surface area contributed by atoms with Gasteiger partial charge in [0, 0.05) is 11.8 Å². The van der Waals surface area contributed by atoms with Gasteiger partial charge in [0.2, 0.25) is 0 Å². The van der Waals surface area contributed by atoms with Gasteiger partial charge in [-0.15, -0.1) is 0 Å². The lowest BCUT2D eigenvalue weighted by molar-refractivity contribution is -0.410. The van der Waals surface area contributed by atoms with Crippen molar-refractivity contribution in [3.05, 3.63) is 57.2 Å². The molecule has 0 radical (unpaired) electrons. The summed E-state index contributed by atoms with van der Waals surface area (Å²) < 4.78 is 0. The third-order valence-electron chi connectivity index (χ3n) is 3.81. The summed E-state index contributed by atoms with van der Waals surface area (Å²) in [6, 6.07) is 7.77. The second-order valence-corrected chi connectivity index (χ2v) is 6.20. The maximum absolute atomic E-state index is 12.5. The second-order valence-electron chi connectivity index (χ2n) is 5.21. The van der Waals surface area contributed by atoms with Crippen molar-refractivity contribution in [3.8, 4) is 0 Å². The van der Waals surface area contributed by atoms with Gasteiger partial charge in [-0.1, -0.05) is 30.3 Å². The zero-order chi connectivity index (χ0) is 16.8. The fourth-order valence-corrected chi connectivity index (χ4v) is 3.59. The Morgan fingerprint density at radius 3 is 2.67 bits per heavy atom. The van der Waals surface area contributed by atoms with Crippen LogP contribution in [0.25, 0.3) is 0 Å². The predicted octanol–water partition coefficient (Wildman–Crippen LogP) is 1.49. The number of rotatable bonds is 2. The summed E-state index contributed by atoms with van der Waals surface area (Å²) in [6.45, 7) is 0. The van der Waals surface area contributed by atoms with E-state index in [9.17, 15) is 19.7 Å². The number of nitro groups is 1. The lowest BCUT2D eigenvalue weighted by atomic mass is 9.89. The highest BCUT2D eigenvalue weighted by molar-refractivity contribution is 8.17. The van der Waals surface area contributed by atoms with Gasteiger partial charge in [0.05, 0.1) is 17.2 Å². The Hall–Kier alpha value is -3.01. The van der Waals surface area contributed by atoms with E-state index >= 15 is 0 Å². The first-order valence-corrected chi connectivity index (χ1v) is 7.76. The minimum atomic E-state index is -0.822. The van der Waals surface area contributed by atoms with Crippen molar-refractivity contribution in [3.63, 3.8) is 0 Å². The molecule has 0 fully saturated rings. The monoisotopic (exact) mass is 343 g/mol. The molecule has 3 aliphatic heterocycles. The largest absolute Gasteiger partial charge is 0.343 e. The van der Waals surface area contributed by atoms with E-state index in [1.54, 1.807) is 24.3 Å². The lowest BCUT2D eigenvalue weighted by Crippen LogP contribution is -2.52. The van der Waals surface area contributed by atoms with Gasteiger partial charge in [-0.05, 0) is 5.56 Å². The van der Waals surface area contributed by atoms with Gasteiger partial charge in [0.1, 0.15) is 11.8 Å². The van der Waals surface area contributed by atoms with Gasteiger partial charge in [-0.2, -0.15) is 9.98 Å². The number of aliphatic imine (C=N–C) groups is 2. The molecule has 0 bridgehead atoms. The first-order valence-electron chi connectivity index (χ1n) is 6.94. The molecular weight excluding hydrogens is 334 g/mol. The van der Waals surface area contributed by atoms with E-state index in [1.807, 2.05) is 6.07 Å². The van der Waals surface area contributed by atoms with Crippen LogP contribution in [0.15, 0.2) is 51.5 Å². The average molecular weight is 343 g/mol. The topological polar surface area (TPSA) is 117 Å². The molecule has 24 heavy (non-hydrogen) atoms. The highest BCUT2D eigenvalue weighted by Crippen LogP contribution is 2.38. The van der Waals surface area contributed by atoms with Crippen LogP contribution in [0, 0.1) is 16.0 Å². The minimum absolute atomic E-state index is 0.142. The van der Waals surface area contributed by atoms with E-state index in [0.29, 0.717) is 0 Å². The Labute approximate surface area is 139 Å². The van der Waals surface area contributed by atoms with Crippen molar-refractivity contribution in [2.45, 2.75) is 6.04 Å². The Morgan fingerprint density at radius 1 is 1.21 bits per heavy atom. The van der Waals surface area contributed by atoms with Crippen molar-refractivity contribution in [1.29, 1.82) is 0 Å². The Balaban J connectivity index is 1.81. The molecule has 3 aliphatic rings. The van der Waals surface area contributed by atoms with Crippen LogP contribution in [0.3, 0.4) is 0 Å². The number of urea groups is 1. The molecule has 1 aromatic rings.